The molecule has 104 valence electrons. The van der Waals surface area contributed by atoms with Gasteiger partial charge in [0.05, 0.1) is 6.54 Å². The molecule has 0 amide bonds. The first-order chi connectivity index (χ1) is 9.49. The summed E-state index contributed by atoms with van der Waals surface area (Å²) in [5, 5.41) is 18.7. The number of pyridine rings is 1. The summed E-state index contributed by atoms with van der Waals surface area (Å²) in [6.07, 6.45) is 2.42. The van der Waals surface area contributed by atoms with Gasteiger partial charge in [-0.1, -0.05) is 24.6 Å². The largest absolute Gasteiger partial charge is 0.488 e. The molecule has 0 saturated heterocycles. The van der Waals surface area contributed by atoms with Crippen molar-refractivity contribution in [1.82, 2.24) is 4.57 Å². The zero-order chi connectivity index (χ0) is 14.7. The van der Waals surface area contributed by atoms with Crippen molar-refractivity contribution in [3.05, 3.63) is 63.0 Å². The van der Waals surface area contributed by atoms with Gasteiger partial charge in [-0.2, -0.15) is 0 Å². The topological polar surface area (TPSA) is 62.5 Å². The van der Waals surface area contributed by atoms with E-state index in [0.717, 1.165) is 17.5 Å². The molecule has 20 heavy (non-hydrogen) atoms. The second-order valence-electron chi connectivity index (χ2n) is 4.62. The van der Waals surface area contributed by atoms with Crippen molar-refractivity contribution in [2.24, 2.45) is 0 Å². The van der Waals surface area contributed by atoms with E-state index in [9.17, 15) is 4.79 Å². The molecular weight excluding hydrogens is 276 g/mol. The molecule has 0 aliphatic rings. The fourth-order valence-corrected chi connectivity index (χ4v) is 2.30. The van der Waals surface area contributed by atoms with Crippen LogP contribution in [-0.2, 0) is 13.0 Å². The predicted octanol–water partition coefficient (Wildman–Crippen LogP) is 0.792. The van der Waals surface area contributed by atoms with Gasteiger partial charge in [0.25, 0.3) is 0 Å². The monoisotopic (exact) mass is 291 g/mol. The Hall–Kier alpha value is -1.56. The molecule has 1 aromatic carbocycles. The van der Waals surface area contributed by atoms with Crippen molar-refractivity contribution in [3.8, 4) is 0 Å². The predicted molar refractivity (Wildman–Crippen MR) is 80.5 cm³/mol. The average Bonchev–Trinajstić information content (AvgIpc) is 2.40. The Morgan fingerprint density at radius 1 is 1.20 bits per heavy atom. The number of halogens is 1. The normalized spacial score (nSPS) is 10.6. The van der Waals surface area contributed by atoms with Crippen LogP contribution in [0.3, 0.4) is 0 Å². The van der Waals surface area contributed by atoms with E-state index in [-0.39, 0.29) is 11.0 Å². The first kappa shape index (κ1) is 14.8. The third kappa shape index (κ3) is 3.51. The summed E-state index contributed by atoms with van der Waals surface area (Å²) in [5.74, 6) is 0. The SMILES string of the molecule is CCc1cc(Cl)cc(Cn2ccc(B(O)O)cc2=O)c1. The second kappa shape index (κ2) is 6.26. The zero-order valence-corrected chi connectivity index (χ0v) is 11.8. The van der Waals surface area contributed by atoms with Crippen molar-refractivity contribution in [2.45, 2.75) is 19.9 Å². The number of nitrogens with zero attached hydrogens (tertiary/aromatic N) is 1. The quantitative estimate of drug-likeness (QED) is 0.819. The summed E-state index contributed by atoms with van der Waals surface area (Å²) in [7, 11) is -1.63. The highest BCUT2D eigenvalue weighted by molar-refractivity contribution is 6.58. The van der Waals surface area contributed by atoms with Crippen molar-refractivity contribution in [2.75, 3.05) is 0 Å². The van der Waals surface area contributed by atoms with E-state index >= 15 is 0 Å². The molecule has 0 bridgehead atoms. The number of aryl methyl sites for hydroxylation is 1. The summed E-state index contributed by atoms with van der Waals surface area (Å²) < 4.78 is 1.50. The fraction of sp³-hybridized carbons (Fsp3) is 0.214. The van der Waals surface area contributed by atoms with Gasteiger partial charge in [0.1, 0.15) is 0 Å². The first-order valence-electron chi connectivity index (χ1n) is 6.34. The van der Waals surface area contributed by atoms with Crippen LogP contribution in [0, 0.1) is 0 Å². The number of hydrogen-bond donors (Lipinski definition) is 2. The van der Waals surface area contributed by atoms with Crippen molar-refractivity contribution in [3.63, 3.8) is 0 Å². The lowest BCUT2D eigenvalue weighted by atomic mass is 9.81. The molecule has 6 heteroatoms. The second-order valence-corrected chi connectivity index (χ2v) is 5.06. The lowest BCUT2D eigenvalue weighted by Crippen LogP contribution is -2.35. The zero-order valence-electron chi connectivity index (χ0n) is 11.1. The van der Waals surface area contributed by atoms with Crippen LogP contribution in [0.15, 0.2) is 41.3 Å². The molecule has 1 aromatic heterocycles. The van der Waals surface area contributed by atoms with Gasteiger partial charge in [-0.25, -0.2) is 0 Å². The summed E-state index contributed by atoms with van der Waals surface area (Å²) in [5.41, 5.74) is 1.96. The van der Waals surface area contributed by atoms with Crippen LogP contribution in [0.1, 0.15) is 18.1 Å². The van der Waals surface area contributed by atoms with Crippen molar-refractivity contribution >= 4 is 24.2 Å². The van der Waals surface area contributed by atoms with E-state index in [1.807, 2.05) is 25.1 Å². The smallest absolute Gasteiger partial charge is 0.423 e. The van der Waals surface area contributed by atoms with Gasteiger partial charge in [-0.15, -0.1) is 0 Å². The van der Waals surface area contributed by atoms with Crippen LogP contribution in [0.4, 0.5) is 0 Å². The van der Waals surface area contributed by atoms with E-state index in [0.29, 0.717) is 11.6 Å². The van der Waals surface area contributed by atoms with Gasteiger partial charge in [0, 0.05) is 17.3 Å². The maximum absolute atomic E-state index is 11.9. The number of aromatic nitrogens is 1. The Labute approximate surface area is 122 Å². The summed E-state index contributed by atoms with van der Waals surface area (Å²) in [6, 6.07) is 8.46. The molecule has 0 aliphatic heterocycles. The number of benzene rings is 1. The fourth-order valence-electron chi connectivity index (χ4n) is 2.02. The minimum atomic E-state index is -1.63. The highest BCUT2D eigenvalue weighted by Gasteiger charge is 2.12. The van der Waals surface area contributed by atoms with Gasteiger partial charge >= 0.3 is 7.12 Å². The molecule has 2 aromatic rings. The molecule has 0 fully saturated rings. The van der Waals surface area contributed by atoms with Crippen LogP contribution in [0.5, 0.6) is 0 Å². The van der Waals surface area contributed by atoms with Crippen LogP contribution < -0.4 is 11.0 Å². The molecule has 0 aliphatic carbocycles. The van der Waals surface area contributed by atoms with Gasteiger partial charge in [-0.05, 0) is 41.2 Å². The molecule has 2 rings (SSSR count). The van der Waals surface area contributed by atoms with Crippen molar-refractivity contribution < 1.29 is 10.0 Å². The third-order valence-corrected chi connectivity index (χ3v) is 3.32. The molecule has 4 nitrogen and oxygen atoms in total. The van der Waals surface area contributed by atoms with E-state index in [1.165, 1.54) is 16.7 Å². The van der Waals surface area contributed by atoms with Crippen LogP contribution >= 0.6 is 11.6 Å². The molecule has 0 atom stereocenters. The first-order valence-corrected chi connectivity index (χ1v) is 6.72. The minimum absolute atomic E-state index is 0.187. The van der Waals surface area contributed by atoms with E-state index in [4.69, 9.17) is 21.6 Å². The molecule has 1 heterocycles. The lowest BCUT2D eigenvalue weighted by Gasteiger charge is -2.09. The Bertz CT molecular complexity index is 670. The Morgan fingerprint density at radius 2 is 1.90 bits per heavy atom. The number of rotatable bonds is 4. The van der Waals surface area contributed by atoms with E-state index in [2.05, 4.69) is 0 Å². The highest BCUT2D eigenvalue weighted by atomic mass is 35.5. The summed E-state index contributed by atoms with van der Waals surface area (Å²) in [4.78, 5) is 11.9. The van der Waals surface area contributed by atoms with Gasteiger partial charge < -0.3 is 14.6 Å². The molecular formula is C14H15BClNO3. The van der Waals surface area contributed by atoms with Crippen molar-refractivity contribution in [1.29, 1.82) is 0 Å². The molecule has 2 N–H and O–H groups in total. The van der Waals surface area contributed by atoms with E-state index in [1.54, 1.807) is 6.20 Å². The maximum Gasteiger partial charge on any atom is 0.488 e. The van der Waals surface area contributed by atoms with Gasteiger partial charge in [0.15, 0.2) is 0 Å². The van der Waals surface area contributed by atoms with Crippen LogP contribution in [-0.4, -0.2) is 21.7 Å². The Kier molecular flexibility index (Phi) is 4.65. The Morgan fingerprint density at radius 3 is 2.50 bits per heavy atom. The molecule has 0 unspecified atom stereocenters. The standard InChI is InChI=1S/C14H15BClNO3/c1-2-10-5-11(7-13(16)6-10)9-17-4-3-12(15(19)20)8-14(17)18/h3-8,19-20H,2,9H2,1H3. The molecule has 0 saturated carbocycles. The molecule has 0 spiro atoms. The number of hydrogen-bond acceptors (Lipinski definition) is 3. The average molecular weight is 292 g/mol. The summed E-state index contributed by atoms with van der Waals surface area (Å²) in [6.45, 7) is 2.44. The van der Waals surface area contributed by atoms with Gasteiger partial charge in [0.2, 0.25) is 5.56 Å². The molecule has 0 radical (unpaired) electrons. The highest BCUT2D eigenvalue weighted by Crippen LogP contribution is 2.16. The van der Waals surface area contributed by atoms with Crippen LogP contribution in [0.2, 0.25) is 5.02 Å². The van der Waals surface area contributed by atoms with E-state index < -0.39 is 7.12 Å². The lowest BCUT2D eigenvalue weighted by molar-refractivity contribution is 0.425. The van der Waals surface area contributed by atoms with Crippen LogP contribution in [0.25, 0.3) is 0 Å². The minimum Gasteiger partial charge on any atom is -0.423 e. The van der Waals surface area contributed by atoms with Gasteiger partial charge in [-0.3, -0.25) is 4.79 Å². The third-order valence-electron chi connectivity index (χ3n) is 3.10. The Balaban J connectivity index is 2.30. The maximum atomic E-state index is 11.9. The summed E-state index contributed by atoms with van der Waals surface area (Å²) >= 11 is 6.05.